The minimum absolute atomic E-state index is 0.146. The van der Waals surface area contributed by atoms with Crippen LogP contribution in [0.15, 0.2) is 23.3 Å². The van der Waals surface area contributed by atoms with Gasteiger partial charge in [0.05, 0.1) is 18.1 Å². The molecule has 0 aliphatic carbocycles. The smallest absolute Gasteiger partial charge is 0.194 e. The third-order valence-electron chi connectivity index (χ3n) is 3.68. The number of nitrogens with zero attached hydrogens (tertiary/aromatic N) is 2. The first-order chi connectivity index (χ1) is 10.4. The van der Waals surface area contributed by atoms with Gasteiger partial charge in [-0.2, -0.15) is 0 Å². The van der Waals surface area contributed by atoms with E-state index in [2.05, 4.69) is 34.0 Å². The van der Waals surface area contributed by atoms with E-state index in [1.165, 1.54) is 0 Å². The molecule has 1 atom stereocenters. The Kier molecular flexibility index (Phi) is 5.50. The van der Waals surface area contributed by atoms with Gasteiger partial charge in [0.1, 0.15) is 0 Å². The lowest BCUT2D eigenvalue weighted by molar-refractivity contribution is 0.457. The highest BCUT2D eigenvalue weighted by Gasteiger charge is 2.27. The van der Waals surface area contributed by atoms with Crippen LogP contribution in [0.25, 0.3) is 0 Å². The molecule has 2 heterocycles. The molecule has 0 radical (unpaired) electrons. The molecule has 1 fully saturated rings. The number of hydrogen-bond donors (Lipinski definition) is 2. The lowest BCUT2D eigenvalue weighted by atomic mass is 10.1. The molecule has 7 heteroatoms. The van der Waals surface area contributed by atoms with Crippen molar-refractivity contribution in [1.82, 2.24) is 15.2 Å². The minimum Gasteiger partial charge on any atom is -0.364 e. The Hall–Kier alpha value is -1.50. The van der Waals surface area contributed by atoms with E-state index in [0.29, 0.717) is 12.3 Å². The zero-order valence-corrected chi connectivity index (χ0v) is 14.4. The summed E-state index contributed by atoms with van der Waals surface area (Å²) in [5.74, 6) is 1.53. The zero-order chi connectivity index (χ0) is 16.2. The van der Waals surface area contributed by atoms with Crippen molar-refractivity contribution in [2.24, 2.45) is 10.9 Å². The van der Waals surface area contributed by atoms with Crippen molar-refractivity contribution >= 4 is 15.8 Å². The van der Waals surface area contributed by atoms with Crippen molar-refractivity contribution in [2.45, 2.75) is 32.9 Å². The fourth-order valence-electron chi connectivity index (χ4n) is 2.56. The summed E-state index contributed by atoms with van der Waals surface area (Å²) in [5.41, 5.74) is 1.12. The van der Waals surface area contributed by atoms with Gasteiger partial charge in [-0.3, -0.25) is 4.99 Å². The van der Waals surface area contributed by atoms with Gasteiger partial charge in [0, 0.05) is 31.5 Å². The number of rotatable bonds is 5. The third-order valence-corrected chi connectivity index (χ3v) is 5.51. The van der Waals surface area contributed by atoms with E-state index in [0.717, 1.165) is 24.6 Å². The molecule has 0 bridgehead atoms. The maximum Gasteiger partial charge on any atom is 0.194 e. The summed E-state index contributed by atoms with van der Waals surface area (Å²) >= 11 is 0. The van der Waals surface area contributed by atoms with Crippen LogP contribution in [0.3, 0.4) is 0 Å². The molecule has 1 aliphatic rings. The quantitative estimate of drug-likeness (QED) is 0.630. The molecule has 2 N–H and O–H groups in total. The highest BCUT2D eigenvalue weighted by atomic mass is 32.2. The summed E-state index contributed by atoms with van der Waals surface area (Å²) in [4.78, 5) is 9.88. The number of aliphatic imine (C=N–C) groups is 1. The molecule has 1 aliphatic heterocycles. The SMILES string of the molecule is CC(C)NC(=NCC1CCS(=O)(=O)C1)N(C)Cc1ccc[nH]1. The van der Waals surface area contributed by atoms with Crippen molar-refractivity contribution in [3.05, 3.63) is 24.0 Å². The van der Waals surface area contributed by atoms with Gasteiger partial charge in [-0.05, 0) is 38.3 Å². The third kappa shape index (κ3) is 5.05. The standard InChI is InChI=1S/C15H26N4O2S/c1-12(2)18-15(19(3)10-14-5-4-7-16-14)17-9-13-6-8-22(20,21)11-13/h4-5,7,12-13,16H,6,8-11H2,1-3H3,(H,17,18). The highest BCUT2D eigenvalue weighted by Crippen LogP contribution is 2.18. The summed E-state index contributed by atoms with van der Waals surface area (Å²) in [6, 6.07) is 4.28. The molecule has 0 amide bonds. The van der Waals surface area contributed by atoms with Gasteiger partial charge >= 0.3 is 0 Å². The maximum absolute atomic E-state index is 11.5. The lowest BCUT2D eigenvalue weighted by Gasteiger charge is -2.24. The second-order valence-corrected chi connectivity index (χ2v) is 8.51. The van der Waals surface area contributed by atoms with Crippen LogP contribution in [0.4, 0.5) is 0 Å². The number of sulfone groups is 1. The largest absolute Gasteiger partial charge is 0.364 e. The Bertz CT molecular complexity index is 593. The lowest BCUT2D eigenvalue weighted by Crippen LogP contribution is -2.42. The molecule has 0 spiro atoms. The first-order valence-corrected chi connectivity index (χ1v) is 9.52. The van der Waals surface area contributed by atoms with Gasteiger partial charge < -0.3 is 15.2 Å². The van der Waals surface area contributed by atoms with Gasteiger partial charge in [0.25, 0.3) is 0 Å². The maximum atomic E-state index is 11.5. The number of hydrogen-bond acceptors (Lipinski definition) is 3. The van der Waals surface area contributed by atoms with Gasteiger partial charge in [0.15, 0.2) is 15.8 Å². The van der Waals surface area contributed by atoms with Crippen LogP contribution >= 0.6 is 0 Å². The minimum atomic E-state index is -2.84. The first kappa shape index (κ1) is 16.9. The van der Waals surface area contributed by atoms with E-state index in [-0.39, 0.29) is 17.7 Å². The van der Waals surface area contributed by atoms with Crippen LogP contribution in [0, 0.1) is 5.92 Å². The number of aromatic amines is 1. The number of aromatic nitrogens is 1. The molecular weight excluding hydrogens is 300 g/mol. The Balaban J connectivity index is 2.00. The van der Waals surface area contributed by atoms with Crippen molar-refractivity contribution in [1.29, 1.82) is 0 Å². The predicted molar refractivity (Wildman–Crippen MR) is 89.6 cm³/mol. The van der Waals surface area contributed by atoms with Crippen molar-refractivity contribution in [2.75, 3.05) is 25.1 Å². The molecule has 22 heavy (non-hydrogen) atoms. The summed E-state index contributed by atoms with van der Waals surface area (Å²) in [6.45, 7) is 5.42. The normalized spacial score (nSPS) is 21.3. The molecule has 0 aromatic carbocycles. The molecule has 1 unspecified atom stereocenters. The summed E-state index contributed by atoms with van der Waals surface area (Å²) in [6.07, 6.45) is 2.63. The monoisotopic (exact) mass is 326 g/mol. The summed E-state index contributed by atoms with van der Waals surface area (Å²) in [7, 11) is -0.849. The van der Waals surface area contributed by atoms with Gasteiger partial charge in [-0.15, -0.1) is 0 Å². The average molecular weight is 326 g/mol. The van der Waals surface area contributed by atoms with E-state index in [1.54, 1.807) is 0 Å². The first-order valence-electron chi connectivity index (χ1n) is 7.70. The van der Waals surface area contributed by atoms with Crippen molar-refractivity contribution in [3.63, 3.8) is 0 Å². The Morgan fingerprint density at radius 2 is 2.32 bits per heavy atom. The molecule has 2 rings (SSSR count). The second-order valence-electron chi connectivity index (χ2n) is 6.28. The van der Waals surface area contributed by atoms with E-state index < -0.39 is 9.84 Å². The van der Waals surface area contributed by atoms with E-state index >= 15 is 0 Å². The topological polar surface area (TPSA) is 77.6 Å². The van der Waals surface area contributed by atoms with E-state index in [1.807, 2.05) is 25.4 Å². The Labute approximate surface area is 132 Å². The van der Waals surface area contributed by atoms with Gasteiger partial charge in [-0.25, -0.2) is 8.42 Å². The summed E-state index contributed by atoms with van der Waals surface area (Å²) in [5, 5.41) is 3.35. The van der Waals surface area contributed by atoms with Gasteiger partial charge in [0.2, 0.25) is 0 Å². The number of guanidine groups is 1. The zero-order valence-electron chi connectivity index (χ0n) is 13.5. The van der Waals surface area contributed by atoms with Crippen LogP contribution in [0.1, 0.15) is 26.0 Å². The predicted octanol–water partition coefficient (Wildman–Crippen LogP) is 1.24. The molecule has 1 aromatic heterocycles. The van der Waals surface area contributed by atoms with Crippen LogP contribution in [0.2, 0.25) is 0 Å². The molecule has 1 saturated heterocycles. The summed E-state index contributed by atoms with van der Waals surface area (Å²) < 4.78 is 23.1. The highest BCUT2D eigenvalue weighted by molar-refractivity contribution is 7.91. The van der Waals surface area contributed by atoms with E-state index in [9.17, 15) is 8.42 Å². The fourth-order valence-corrected chi connectivity index (χ4v) is 4.41. The van der Waals surface area contributed by atoms with Crippen molar-refractivity contribution < 1.29 is 8.42 Å². The average Bonchev–Trinajstić information content (AvgIpc) is 3.03. The molecule has 1 aromatic rings. The second kappa shape index (κ2) is 7.17. The molecule has 6 nitrogen and oxygen atoms in total. The number of H-pyrrole nitrogens is 1. The molecule has 0 saturated carbocycles. The van der Waals surface area contributed by atoms with E-state index in [4.69, 9.17) is 0 Å². The van der Waals surface area contributed by atoms with Crippen molar-refractivity contribution in [3.8, 4) is 0 Å². The fraction of sp³-hybridized carbons (Fsp3) is 0.667. The van der Waals surface area contributed by atoms with Crippen LogP contribution < -0.4 is 5.32 Å². The molecule has 124 valence electrons. The Morgan fingerprint density at radius 1 is 1.55 bits per heavy atom. The van der Waals surface area contributed by atoms with Crippen LogP contribution in [0.5, 0.6) is 0 Å². The molecular formula is C15H26N4O2S. The Morgan fingerprint density at radius 3 is 2.86 bits per heavy atom. The van der Waals surface area contributed by atoms with Crippen LogP contribution in [-0.2, 0) is 16.4 Å². The van der Waals surface area contributed by atoms with Gasteiger partial charge in [-0.1, -0.05) is 0 Å². The van der Waals surface area contributed by atoms with Crippen LogP contribution in [-0.4, -0.2) is 55.4 Å². The number of nitrogens with one attached hydrogen (secondary N) is 2.